The number of ether oxygens (including phenoxy) is 3. The van der Waals surface area contributed by atoms with Gasteiger partial charge in [-0.05, 0) is 96.3 Å². The van der Waals surface area contributed by atoms with Gasteiger partial charge < -0.3 is 24.2 Å². The van der Waals surface area contributed by atoms with Gasteiger partial charge in [-0.3, -0.25) is 23.4 Å². The molecule has 0 bridgehead atoms. The maximum Gasteiger partial charge on any atom is 0.472 e. The Morgan fingerprint density at radius 3 is 1.08 bits per heavy atom. The van der Waals surface area contributed by atoms with Crippen molar-refractivity contribution < 1.29 is 52.2 Å². The lowest BCUT2D eigenvalue weighted by Gasteiger charge is -2.21. The molecule has 0 aromatic carbocycles. The van der Waals surface area contributed by atoms with Crippen molar-refractivity contribution in [2.24, 2.45) is 0 Å². The van der Waals surface area contributed by atoms with Gasteiger partial charge in [0.25, 0.3) is 0 Å². The summed E-state index contributed by atoms with van der Waals surface area (Å²) in [5.74, 6) is -1.47. The van der Waals surface area contributed by atoms with Gasteiger partial charge in [0.1, 0.15) is 12.7 Å². The van der Waals surface area contributed by atoms with Gasteiger partial charge in [-0.25, -0.2) is 4.57 Å². The number of hydrogen-bond acceptors (Lipinski definition) is 10. The zero-order valence-electron chi connectivity index (χ0n) is 47.8. The lowest BCUT2D eigenvalue weighted by Crippen LogP contribution is -2.30. The predicted octanol–water partition coefficient (Wildman–Crippen LogP) is 18.1. The van der Waals surface area contributed by atoms with Crippen molar-refractivity contribution >= 4 is 25.7 Å². The predicted molar refractivity (Wildman–Crippen MR) is 307 cm³/mol. The maximum atomic E-state index is 12.9. The van der Waals surface area contributed by atoms with Crippen molar-refractivity contribution in [2.75, 3.05) is 26.4 Å². The Hall–Kier alpha value is -2.56. The van der Waals surface area contributed by atoms with Gasteiger partial charge in [0.15, 0.2) is 6.10 Å². The first-order valence-electron chi connectivity index (χ1n) is 30.5. The molecule has 0 aliphatic rings. The summed E-state index contributed by atoms with van der Waals surface area (Å²) in [5, 5.41) is 9.80. The molecule has 0 rings (SSSR count). The average Bonchev–Trinajstić information content (AvgIpc) is 3.39. The summed E-state index contributed by atoms with van der Waals surface area (Å²) in [7, 11) is -4.75. The highest BCUT2D eigenvalue weighted by molar-refractivity contribution is 7.47. The van der Waals surface area contributed by atoms with Gasteiger partial charge in [0.2, 0.25) is 0 Å². The first kappa shape index (κ1) is 71.4. The van der Waals surface area contributed by atoms with E-state index in [0.717, 1.165) is 96.3 Å². The number of rotatable bonds is 57. The van der Waals surface area contributed by atoms with E-state index in [1.165, 1.54) is 135 Å². The van der Waals surface area contributed by atoms with Crippen LogP contribution in [0.5, 0.6) is 0 Å². The molecule has 432 valence electrons. The van der Waals surface area contributed by atoms with Crippen LogP contribution in [0.1, 0.15) is 290 Å². The van der Waals surface area contributed by atoms with Crippen LogP contribution in [0.25, 0.3) is 0 Å². The van der Waals surface area contributed by atoms with Crippen molar-refractivity contribution in [1.29, 1.82) is 0 Å². The summed E-state index contributed by atoms with van der Waals surface area (Å²) in [6.45, 7) is 4.59. The molecule has 0 spiro atoms. The number of esters is 3. The number of carbonyl (C=O) groups is 3. The third-order valence-corrected chi connectivity index (χ3v) is 14.1. The number of allylic oxidation sites excluding steroid dienone is 8. The van der Waals surface area contributed by atoms with Crippen LogP contribution in [-0.2, 0) is 42.2 Å². The second-order valence-electron chi connectivity index (χ2n) is 20.5. The highest BCUT2D eigenvalue weighted by Crippen LogP contribution is 2.43. The minimum absolute atomic E-state index is 0.159. The molecule has 0 radical (unpaired) electrons. The number of aliphatic hydroxyl groups is 1. The van der Waals surface area contributed by atoms with Gasteiger partial charge in [-0.2, -0.15) is 0 Å². The molecular weight excluding hydrogens is 952 g/mol. The minimum atomic E-state index is -4.75. The van der Waals surface area contributed by atoms with Gasteiger partial charge in [-0.1, -0.05) is 223 Å². The smallest absolute Gasteiger partial charge is 0.462 e. The average molecular weight is 1070 g/mol. The molecule has 11 nitrogen and oxygen atoms in total. The van der Waals surface area contributed by atoms with Crippen molar-refractivity contribution in [3.63, 3.8) is 0 Å². The zero-order chi connectivity index (χ0) is 54.1. The summed E-state index contributed by atoms with van der Waals surface area (Å²) in [5.41, 5.74) is 0. The van der Waals surface area contributed by atoms with Crippen molar-refractivity contribution in [1.82, 2.24) is 0 Å². The van der Waals surface area contributed by atoms with Gasteiger partial charge in [0.05, 0.1) is 19.8 Å². The van der Waals surface area contributed by atoms with E-state index in [9.17, 15) is 28.9 Å². The fraction of sp³-hybridized carbons (Fsp3) is 0.823. The van der Waals surface area contributed by atoms with Crippen LogP contribution in [0, 0.1) is 0 Å². The molecule has 0 aliphatic heterocycles. The van der Waals surface area contributed by atoms with Crippen LogP contribution in [0.2, 0.25) is 0 Å². The number of aliphatic hydroxyl groups excluding tert-OH is 1. The molecular formula is C62H113O11P. The molecule has 2 N–H and O–H groups in total. The Balaban J connectivity index is 4.70. The van der Waals surface area contributed by atoms with Gasteiger partial charge >= 0.3 is 25.7 Å². The highest BCUT2D eigenvalue weighted by atomic mass is 31.2. The molecule has 0 heterocycles. The van der Waals surface area contributed by atoms with E-state index in [0.29, 0.717) is 19.3 Å². The largest absolute Gasteiger partial charge is 0.472 e. The summed E-state index contributed by atoms with van der Waals surface area (Å²) in [6, 6.07) is 0. The molecule has 3 unspecified atom stereocenters. The summed E-state index contributed by atoms with van der Waals surface area (Å²) in [4.78, 5) is 48.6. The molecule has 0 saturated carbocycles. The van der Waals surface area contributed by atoms with E-state index >= 15 is 0 Å². The standard InChI is InChI=1S/C62H113O11P/c1-4-7-10-13-16-19-22-24-26-28-29-31-32-34-37-39-42-45-48-51-60(64)69-55-59(73-62(66)53-50-47-44-41-38-35-33-30-27-25-23-20-17-14-11-8-5-2)57-71-74(67,68)70-56-58(54-63)72-61(65)52-49-46-43-40-36-21-18-15-12-9-6-3/h15,17-18,20,24-27,58-59,63H,4-14,16,19,21-23,28-57H2,1-3H3,(H,67,68)/b18-15-,20-17-,26-24-,27-25-. The Morgan fingerprint density at radius 1 is 0.378 bits per heavy atom. The Bertz CT molecular complexity index is 1430. The summed E-state index contributed by atoms with van der Waals surface area (Å²) in [6.07, 6.45) is 60.7. The number of carbonyl (C=O) groups excluding carboxylic acids is 3. The first-order chi connectivity index (χ1) is 36.2. The SMILES string of the molecule is CCCC/C=C\CCCCCCCC(=O)OC(CO)COP(=O)(O)OCC(COC(=O)CCCCCCCCCCC/C=C\CCCCCCCC)OC(=O)CCCCCCCCC/C=C\C/C=C\CCCCC. The van der Waals surface area contributed by atoms with Gasteiger partial charge in [0, 0.05) is 19.3 Å². The van der Waals surface area contributed by atoms with Crippen molar-refractivity contribution in [3.05, 3.63) is 48.6 Å². The lowest BCUT2D eigenvalue weighted by atomic mass is 10.1. The second-order valence-corrected chi connectivity index (χ2v) is 22.0. The van der Waals surface area contributed by atoms with E-state index in [1.807, 2.05) is 0 Å². The zero-order valence-corrected chi connectivity index (χ0v) is 48.7. The fourth-order valence-corrected chi connectivity index (χ4v) is 9.26. The summed E-state index contributed by atoms with van der Waals surface area (Å²) >= 11 is 0. The Kier molecular flexibility index (Phi) is 54.7. The monoisotopic (exact) mass is 1060 g/mol. The molecule has 0 saturated heterocycles. The van der Waals surface area contributed by atoms with Crippen LogP contribution in [0.15, 0.2) is 48.6 Å². The maximum absolute atomic E-state index is 12.9. The van der Waals surface area contributed by atoms with Crippen LogP contribution < -0.4 is 0 Å². The molecule has 0 fully saturated rings. The van der Waals surface area contributed by atoms with Crippen LogP contribution in [0.4, 0.5) is 0 Å². The number of phosphoric acid groups is 1. The minimum Gasteiger partial charge on any atom is -0.462 e. The van der Waals surface area contributed by atoms with Crippen LogP contribution in [-0.4, -0.2) is 66.5 Å². The highest BCUT2D eigenvalue weighted by Gasteiger charge is 2.28. The summed E-state index contributed by atoms with van der Waals surface area (Å²) < 4.78 is 39.6. The topological polar surface area (TPSA) is 155 Å². The third kappa shape index (κ3) is 54.2. The van der Waals surface area contributed by atoms with E-state index in [1.54, 1.807) is 0 Å². The molecule has 74 heavy (non-hydrogen) atoms. The lowest BCUT2D eigenvalue weighted by molar-refractivity contribution is -0.161. The number of phosphoric ester groups is 1. The Morgan fingerprint density at radius 2 is 0.676 bits per heavy atom. The van der Waals surface area contributed by atoms with E-state index in [-0.39, 0.29) is 25.9 Å². The molecule has 0 amide bonds. The van der Waals surface area contributed by atoms with E-state index < -0.39 is 57.8 Å². The van der Waals surface area contributed by atoms with Gasteiger partial charge in [-0.15, -0.1) is 0 Å². The van der Waals surface area contributed by atoms with Crippen LogP contribution >= 0.6 is 7.82 Å². The number of unbranched alkanes of at least 4 members (excludes halogenated alkanes) is 32. The molecule has 0 aromatic rings. The molecule has 12 heteroatoms. The van der Waals surface area contributed by atoms with Crippen molar-refractivity contribution in [3.8, 4) is 0 Å². The normalized spacial score (nSPS) is 13.6. The van der Waals surface area contributed by atoms with Crippen LogP contribution in [0.3, 0.4) is 0 Å². The third-order valence-electron chi connectivity index (χ3n) is 13.2. The molecule has 0 aliphatic carbocycles. The quantitative estimate of drug-likeness (QED) is 0.0197. The molecule has 0 aromatic heterocycles. The van der Waals surface area contributed by atoms with Crippen molar-refractivity contribution in [2.45, 2.75) is 303 Å². The number of hydrogen-bond donors (Lipinski definition) is 2. The fourth-order valence-electron chi connectivity index (χ4n) is 8.48. The Labute approximate surface area is 453 Å². The second kappa shape index (κ2) is 56.6. The first-order valence-corrected chi connectivity index (χ1v) is 32.0. The molecule has 3 atom stereocenters. The van der Waals surface area contributed by atoms with E-state index in [2.05, 4.69) is 69.4 Å². The van der Waals surface area contributed by atoms with E-state index in [4.69, 9.17) is 23.3 Å².